The van der Waals surface area contributed by atoms with Crippen molar-refractivity contribution in [2.45, 2.75) is 74.5 Å². The van der Waals surface area contributed by atoms with Gasteiger partial charge in [0.15, 0.2) is 0 Å². The van der Waals surface area contributed by atoms with Crippen molar-refractivity contribution in [1.29, 1.82) is 0 Å². The molecule has 24 heteroatoms. The van der Waals surface area contributed by atoms with E-state index in [9.17, 15) is 26.3 Å². The number of piperidine rings is 2. The maximum atomic E-state index is 14.6. The number of alkyl halides is 6. The molecule has 0 spiro atoms. The molecule has 5 atom stereocenters. The Bertz CT molecular complexity index is 2600. The Morgan fingerprint density at radius 2 is 1.41 bits per heavy atom. The zero-order valence-corrected chi connectivity index (χ0v) is 37.5. The van der Waals surface area contributed by atoms with Gasteiger partial charge in [0.2, 0.25) is 11.9 Å². The summed E-state index contributed by atoms with van der Waals surface area (Å²) in [6.45, 7) is 8.73. The highest BCUT2D eigenvalue weighted by molar-refractivity contribution is 8.13. The molecule has 0 amide bonds. The molecule has 2 fully saturated rings. The molecule has 64 heavy (non-hydrogen) atoms. The van der Waals surface area contributed by atoms with Gasteiger partial charge in [-0.1, -0.05) is 24.5 Å². The van der Waals surface area contributed by atoms with Crippen LogP contribution in [0.5, 0.6) is 0 Å². The van der Waals surface area contributed by atoms with E-state index in [1.807, 2.05) is 39.6 Å². The van der Waals surface area contributed by atoms with Gasteiger partial charge in [-0.25, -0.2) is 24.2 Å². The lowest BCUT2D eigenvalue weighted by atomic mass is 9.94. The van der Waals surface area contributed by atoms with E-state index in [1.54, 1.807) is 39.5 Å². The van der Waals surface area contributed by atoms with Crippen LogP contribution >= 0.6 is 22.6 Å². The van der Waals surface area contributed by atoms with Crippen LogP contribution in [-0.4, -0.2) is 111 Å². The summed E-state index contributed by atoms with van der Waals surface area (Å²) in [5, 5.41) is 22.6. The van der Waals surface area contributed by atoms with Gasteiger partial charge in [0, 0.05) is 108 Å². The van der Waals surface area contributed by atoms with Crippen LogP contribution in [0, 0.1) is 11.8 Å². The molecule has 0 radical (unpaired) electrons. The minimum absolute atomic E-state index is 0.00557. The molecule has 0 aliphatic carbocycles. The molecule has 6 aromatic rings. The van der Waals surface area contributed by atoms with Crippen LogP contribution in [0.1, 0.15) is 44.7 Å². The van der Waals surface area contributed by atoms with Crippen molar-refractivity contribution in [3.63, 3.8) is 0 Å². The third-order valence-corrected chi connectivity index (χ3v) is 14.4. The lowest BCUT2D eigenvalue weighted by Gasteiger charge is -2.43. The molecule has 342 valence electrons. The number of hydrogen-bond donors (Lipinski definition) is 1. The first-order valence-electron chi connectivity index (χ1n) is 20.5. The van der Waals surface area contributed by atoms with Crippen LogP contribution in [0.4, 0.5) is 38.2 Å². The molecule has 2 aliphatic heterocycles. The fraction of sp³-hybridized carbons (Fsp3) is 0.475. The average Bonchev–Trinajstić information content (AvgIpc) is 4.07. The summed E-state index contributed by atoms with van der Waals surface area (Å²) in [4.78, 5) is 21.2. The highest BCUT2D eigenvalue weighted by atomic mass is 32.2. The summed E-state index contributed by atoms with van der Waals surface area (Å²) < 4.78 is 98.0. The summed E-state index contributed by atoms with van der Waals surface area (Å²) >= 11 is 1.61. The van der Waals surface area contributed by atoms with E-state index in [-0.39, 0.29) is 75.7 Å². The molecule has 0 bridgehead atoms. The summed E-state index contributed by atoms with van der Waals surface area (Å²) in [7, 11) is 4.95. The molecular weight excluding hydrogens is 883 g/mol. The van der Waals surface area contributed by atoms with Gasteiger partial charge in [-0.05, 0) is 48.9 Å². The van der Waals surface area contributed by atoms with Gasteiger partial charge in [0.05, 0.1) is 46.0 Å². The molecule has 6 aromatic heterocycles. The van der Waals surface area contributed by atoms with E-state index in [4.69, 9.17) is 0 Å². The molecule has 2 saturated heterocycles. The second-order valence-electron chi connectivity index (χ2n) is 16.1. The Morgan fingerprint density at radius 3 is 2.03 bits per heavy atom. The zero-order chi connectivity index (χ0) is 45.5. The number of hydrogen-bond acceptors (Lipinski definition) is 13. The maximum Gasteiger partial charge on any atom is 0.419 e. The van der Waals surface area contributed by atoms with E-state index in [0.29, 0.717) is 25.9 Å². The van der Waals surface area contributed by atoms with Gasteiger partial charge in [-0.3, -0.25) is 23.0 Å². The molecule has 0 saturated carbocycles. The molecular formula is C40H48F6N16S2. The van der Waals surface area contributed by atoms with Crippen molar-refractivity contribution in [3.05, 3.63) is 73.1 Å². The third-order valence-electron chi connectivity index (χ3n) is 11.4. The van der Waals surface area contributed by atoms with Gasteiger partial charge in [0.1, 0.15) is 17.8 Å². The Kier molecular flexibility index (Phi) is 12.9. The van der Waals surface area contributed by atoms with E-state index in [0.717, 1.165) is 35.3 Å². The Balaban J connectivity index is 1.09. The first-order valence-corrected chi connectivity index (χ1v) is 22.6. The zero-order valence-electron chi connectivity index (χ0n) is 35.9. The van der Waals surface area contributed by atoms with Crippen molar-refractivity contribution in [2.75, 3.05) is 36.4 Å². The number of nitrogens with zero attached hydrogens (tertiary/aromatic N) is 15. The van der Waals surface area contributed by atoms with Crippen LogP contribution in [0.25, 0.3) is 22.5 Å². The number of aromatic nitrogens is 12. The largest absolute Gasteiger partial charge is 0.419 e. The molecule has 1 unspecified atom stereocenters. The molecule has 16 nitrogen and oxygen atoms in total. The number of rotatable bonds is 12. The molecule has 8 rings (SSSR count). The number of halogens is 6. The van der Waals surface area contributed by atoms with Crippen molar-refractivity contribution < 1.29 is 26.3 Å². The fourth-order valence-electron chi connectivity index (χ4n) is 8.24. The quantitative estimate of drug-likeness (QED) is 0.0758. The topological polar surface area (TPSA) is 145 Å². The van der Waals surface area contributed by atoms with Crippen molar-refractivity contribution in [2.24, 2.45) is 33.0 Å². The minimum atomic E-state index is -4.78. The lowest BCUT2D eigenvalue weighted by Crippen LogP contribution is -2.50. The van der Waals surface area contributed by atoms with E-state index in [2.05, 4.69) is 73.5 Å². The van der Waals surface area contributed by atoms with Crippen LogP contribution in [0.3, 0.4) is 0 Å². The van der Waals surface area contributed by atoms with Crippen LogP contribution in [-0.2, 0) is 40.2 Å². The van der Waals surface area contributed by atoms with Gasteiger partial charge in [-0.15, -0.1) is 0 Å². The normalized spacial score (nSPS) is 20.8. The maximum absolute atomic E-state index is 14.6. The van der Waals surface area contributed by atoms with Crippen LogP contribution in [0.2, 0.25) is 0 Å². The lowest BCUT2D eigenvalue weighted by molar-refractivity contribution is -0.138. The first-order chi connectivity index (χ1) is 30.4. The summed E-state index contributed by atoms with van der Waals surface area (Å²) in [5.74, 6) is 0.103. The average molecular weight is 931 g/mol. The predicted molar refractivity (Wildman–Crippen MR) is 232 cm³/mol. The Labute approximate surface area is 372 Å². The smallest absolute Gasteiger partial charge is 0.351 e. The Hall–Kier alpha value is -5.33. The minimum Gasteiger partial charge on any atom is -0.351 e. The fourth-order valence-corrected chi connectivity index (χ4v) is 11.3. The second kappa shape index (κ2) is 18.3. The van der Waals surface area contributed by atoms with Crippen molar-refractivity contribution >= 4 is 39.9 Å². The van der Waals surface area contributed by atoms with Crippen molar-refractivity contribution in [1.82, 2.24) is 67.7 Å². The molecule has 8 heterocycles. The Morgan fingerprint density at radius 1 is 0.750 bits per heavy atom. The van der Waals surface area contributed by atoms with E-state index >= 15 is 0 Å². The molecule has 1 N–H and O–H groups in total. The summed E-state index contributed by atoms with van der Waals surface area (Å²) in [5.41, 5.74) is -2.52. The second-order valence-corrected chi connectivity index (χ2v) is 19.4. The third kappa shape index (κ3) is 9.98. The van der Waals surface area contributed by atoms with Gasteiger partial charge in [-0.2, -0.15) is 46.7 Å². The van der Waals surface area contributed by atoms with Crippen LogP contribution < -0.4 is 10.2 Å². The highest BCUT2D eigenvalue weighted by Crippen LogP contribution is 2.40. The van der Waals surface area contributed by atoms with Crippen LogP contribution in [0.15, 0.2) is 71.8 Å². The molecule has 2 aliphatic rings. The van der Waals surface area contributed by atoms with Crippen molar-refractivity contribution in [3.8, 4) is 22.5 Å². The monoisotopic (exact) mass is 930 g/mol. The summed E-state index contributed by atoms with van der Waals surface area (Å²) in [6, 6.07) is -0.411. The predicted octanol–water partition coefficient (Wildman–Crippen LogP) is 7.10. The van der Waals surface area contributed by atoms with Gasteiger partial charge in [0.25, 0.3) is 0 Å². The van der Waals surface area contributed by atoms with Gasteiger partial charge < -0.3 is 10.2 Å². The molecule has 0 aromatic carbocycles. The standard InChI is InChI=1S/C40H48F6N16S2/c1-7-64(30-15-51-58(6)23-30)61-11-9-34(26(3)19-61)62(38-48-17-32(40(44,45)46)36(55-38)27-12-49-56(4)20-27)24-59-21-28(13-52-59)35-31(39(41,42)43)16-47-37(54-35)53-33-8-10-60(18-25(33)2)63-29-14-50-57(5)22-29/h7,12-17,20-23,25-26,33-34H,8-11,18-19,24H2,1-6H3,(H,47,53,54)/t25-,26+,33+,34+,64?/m1/s1. The van der Waals surface area contributed by atoms with E-state index in [1.165, 1.54) is 34.2 Å². The highest BCUT2D eigenvalue weighted by Gasteiger charge is 2.40. The van der Waals surface area contributed by atoms with E-state index < -0.39 is 23.5 Å². The SMILES string of the molecule is C/C=S(\c1cnn(C)c1)N1CC[C@H](N(Cn2cc(-c3nc(N[C@H]4CCN(Sc5cnn(C)c5)C[C@H]4C)ncc3C(F)(F)F)cn2)c2ncc(C(F)(F)F)c(-c3cnn(C)c3)n2)[C@@H](C)C1. The first kappa shape index (κ1) is 45.2. The van der Waals surface area contributed by atoms with Gasteiger partial charge >= 0.3 is 12.4 Å². The number of aryl methyl sites for hydroxylation is 3. The number of anilines is 2. The summed E-state index contributed by atoms with van der Waals surface area (Å²) in [6.07, 6.45) is 6.34. The number of nitrogens with one attached hydrogen (secondary N) is 1.